The Balaban J connectivity index is 1.76. The highest BCUT2D eigenvalue weighted by Crippen LogP contribution is 2.37. The summed E-state index contributed by atoms with van der Waals surface area (Å²) in [6.07, 6.45) is 1.58. The molecule has 152 valence electrons. The van der Waals surface area contributed by atoms with Crippen LogP contribution in [0.5, 0.6) is 5.75 Å². The van der Waals surface area contributed by atoms with Crippen molar-refractivity contribution in [1.82, 2.24) is 4.98 Å². The van der Waals surface area contributed by atoms with Crippen molar-refractivity contribution in [3.8, 4) is 5.75 Å². The number of benzene rings is 2. The molecular formula is C24H22N2O4. The minimum Gasteiger partial charge on any atom is -0.505 e. The normalized spacial score (nSPS) is 11.9. The first-order valence-corrected chi connectivity index (χ1v) is 9.73. The van der Waals surface area contributed by atoms with Gasteiger partial charge < -0.3 is 19.6 Å². The highest BCUT2D eigenvalue weighted by atomic mass is 16.5. The third-order valence-corrected chi connectivity index (χ3v) is 4.83. The molecule has 0 saturated carbocycles. The van der Waals surface area contributed by atoms with Crippen molar-refractivity contribution in [3.63, 3.8) is 0 Å². The van der Waals surface area contributed by atoms with Crippen LogP contribution in [0.1, 0.15) is 40.3 Å². The van der Waals surface area contributed by atoms with Crippen molar-refractivity contribution in [1.29, 1.82) is 0 Å². The molecule has 0 amide bonds. The summed E-state index contributed by atoms with van der Waals surface area (Å²) in [5.41, 5.74) is 3.11. The zero-order valence-electron chi connectivity index (χ0n) is 16.8. The number of aromatic hydroxyl groups is 1. The van der Waals surface area contributed by atoms with Gasteiger partial charge in [0.15, 0.2) is 0 Å². The summed E-state index contributed by atoms with van der Waals surface area (Å²) in [4.78, 5) is 16.6. The summed E-state index contributed by atoms with van der Waals surface area (Å²) in [6, 6.07) is 17.8. The molecule has 0 radical (unpaired) electrons. The van der Waals surface area contributed by atoms with Crippen LogP contribution in [0.3, 0.4) is 0 Å². The number of phenols is 1. The van der Waals surface area contributed by atoms with Crippen LogP contribution in [0.4, 0.5) is 5.69 Å². The molecule has 0 aliphatic heterocycles. The molecule has 0 aliphatic carbocycles. The van der Waals surface area contributed by atoms with Gasteiger partial charge in [0.1, 0.15) is 23.1 Å². The Hall–Kier alpha value is -3.80. The molecule has 6 heteroatoms. The van der Waals surface area contributed by atoms with E-state index in [9.17, 15) is 9.90 Å². The molecule has 0 bridgehead atoms. The lowest BCUT2D eigenvalue weighted by Gasteiger charge is -2.20. The van der Waals surface area contributed by atoms with E-state index in [-0.39, 0.29) is 11.7 Å². The third kappa shape index (κ3) is 3.85. The number of pyridine rings is 1. The summed E-state index contributed by atoms with van der Waals surface area (Å²) in [5.74, 6) is 0.328. The minimum atomic E-state index is -0.482. The summed E-state index contributed by atoms with van der Waals surface area (Å²) < 4.78 is 10.7. The molecule has 1 atom stereocenters. The number of nitrogens with zero attached hydrogens (tertiary/aromatic N) is 1. The fraction of sp³-hybridized carbons (Fsp3) is 0.167. The van der Waals surface area contributed by atoms with Crippen LogP contribution < -0.4 is 5.32 Å². The highest BCUT2D eigenvalue weighted by Gasteiger charge is 2.22. The number of fused-ring (bicyclic) bond motifs is 1. The molecule has 4 rings (SSSR count). The quantitative estimate of drug-likeness (QED) is 0.430. The van der Waals surface area contributed by atoms with Crippen LogP contribution in [0, 0.1) is 6.92 Å². The molecule has 2 heterocycles. The smallest absolute Gasteiger partial charge is 0.338 e. The molecule has 30 heavy (non-hydrogen) atoms. The van der Waals surface area contributed by atoms with Crippen molar-refractivity contribution in [2.75, 3.05) is 11.9 Å². The molecule has 0 spiro atoms. The number of rotatable bonds is 6. The molecule has 0 aliphatic rings. The standard InChI is InChI=1S/C24H22N2O4/c1-3-29-24(28)17-6-4-7-18(14-17)26-22(20-8-5-13-30-20)19-12-11-16-10-9-15(2)25-21(16)23(19)27/h4-14,22,26-27H,3H2,1-2H3. The maximum atomic E-state index is 12.1. The maximum Gasteiger partial charge on any atom is 0.338 e. The van der Waals surface area contributed by atoms with Crippen molar-refractivity contribution >= 4 is 22.6 Å². The number of hydrogen-bond donors (Lipinski definition) is 2. The van der Waals surface area contributed by atoms with Gasteiger partial charge in [-0.15, -0.1) is 0 Å². The van der Waals surface area contributed by atoms with Gasteiger partial charge in [-0.05, 0) is 50.2 Å². The van der Waals surface area contributed by atoms with Gasteiger partial charge in [-0.1, -0.05) is 24.3 Å². The summed E-state index contributed by atoms with van der Waals surface area (Å²) >= 11 is 0. The van der Waals surface area contributed by atoms with Crippen LogP contribution in [0.2, 0.25) is 0 Å². The van der Waals surface area contributed by atoms with Gasteiger partial charge in [-0.25, -0.2) is 9.78 Å². The van der Waals surface area contributed by atoms with Crippen molar-refractivity contribution in [2.24, 2.45) is 0 Å². The second-order valence-corrected chi connectivity index (χ2v) is 6.92. The van der Waals surface area contributed by atoms with Crippen molar-refractivity contribution in [3.05, 3.63) is 89.5 Å². The van der Waals surface area contributed by atoms with E-state index < -0.39 is 6.04 Å². The van der Waals surface area contributed by atoms with Gasteiger partial charge >= 0.3 is 5.97 Å². The Morgan fingerprint density at radius 2 is 2.00 bits per heavy atom. The van der Waals surface area contributed by atoms with E-state index in [4.69, 9.17) is 9.15 Å². The van der Waals surface area contributed by atoms with E-state index in [0.717, 1.165) is 11.1 Å². The van der Waals surface area contributed by atoms with E-state index in [1.807, 2.05) is 43.3 Å². The summed E-state index contributed by atoms with van der Waals surface area (Å²) in [7, 11) is 0. The monoisotopic (exact) mass is 402 g/mol. The van der Waals surface area contributed by atoms with Gasteiger partial charge in [0.25, 0.3) is 0 Å². The second-order valence-electron chi connectivity index (χ2n) is 6.92. The number of nitrogens with one attached hydrogen (secondary N) is 1. The molecule has 4 aromatic rings. The summed E-state index contributed by atoms with van der Waals surface area (Å²) in [5, 5.41) is 15.2. The molecule has 6 nitrogen and oxygen atoms in total. The van der Waals surface area contributed by atoms with E-state index >= 15 is 0 Å². The fourth-order valence-electron chi connectivity index (χ4n) is 3.39. The van der Waals surface area contributed by atoms with E-state index in [1.54, 1.807) is 37.5 Å². The largest absolute Gasteiger partial charge is 0.505 e. The zero-order valence-corrected chi connectivity index (χ0v) is 16.8. The lowest BCUT2D eigenvalue weighted by molar-refractivity contribution is 0.0526. The average Bonchev–Trinajstić information content (AvgIpc) is 3.28. The van der Waals surface area contributed by atoms with Gasteiger partial charge in [0.05, 0.1) is 18.4 Å². The topological polar surface area (TPSA) is 84.6 Å². The Kier molecular flexibility index (Phi) is 5.39. The third-order valence-electron chi connectivity index (χ3n) is 4.83. The number of aryl methyl sites for hydroxylation is 1. The van der Waals surface area contributed by atoms with E-state index in [0.29, 0.717) is 34.7 Å². The highest BCUT2D eigenvalue weighted by molar-refractivity contribution is 5.90. The molecular weight excluding hydrogens is 380 g/mol. The number of hydrogen-bond acceptors (Lipinski definition) is 6. The number of esters is 1. The number of aromatic nitrogens is 1. The molecule has 2 aromatic heterocycles. The van der Waals surface area contributed by atoms with Crippen molar-refractivity contribution in [2.45, 2.75) is 19.9 Å². The van der Waals surface area contributed by atoms with E-state index in [1.165, 1.54) is 0 Å². The molecule has 0 saturated heterocycles. The first kappa shape index (κ1) is 19.5. The lowest BCUT2D eigenvalue weighted by Crippen LogP contribution is -2.13. The maximum absolute atomic E-state index is 12.1. The number of phenolic OH excluding ortho intramolecular Hbond substituents is 1. The lowest BCUT2D eigenvalue weighted by atomic mass is 10.00. The van der Waals surface area contributed by atoms with Crippen LogP contribution in [0.15, 0.2) is 71.3 Å². The molecule has 1 unspecified atom stereocenters. The van der Waals surface area contributed by atoms with Gasteiger partial charge in [-0.3, -0.25) is 0 Å². The predicted molar refractivity (Wildman–Crippen MR) is 115 cm³/mol. The SMILES string of the molecule is CCOC(=O)c1cccc(NC(c2ccco2)c2ccc3ccc(C)nc3c2O)c1. The Morgan fingerprint density at radius 3 is 2.77 bits per heavy atom. The molecule has 2 aromatic carbocycles. The fourth-order valence-corrected chi connectivity index (χ4v) is 3.39. The Labute approximate surface area is 174 Å². The first-order valence-electron chi connectivity index (χ1n) is 9.73. The number of carbonyl (C=O) groups is 1. The summed E-state index contributed by atoms with van der Waals surface area (Å²) in [6.45, 7) is 3.96. The number of ether oxygens (including phenoxy) is 1. The van der Waals surface area contributed by atoms with Gasteiger partial charge in [0.2, 0.25) is 0 Å². The Morgan fingerprint density at radius 1 is 1.17 bits per heavy atom. The minimum absolute atomic E-state index is 0.0895. The predicted octanol–water partition coefficient (Wildman–Crippen LogP) is 5.22. The van der Waals surface area contributed by atoms with Crippen LogP contribution in [-0.2, 0) is 4.74 Å². The Bertz CT molecular complexity index is 1190. The number of furan rings is 1. The van der Waals surface area contributed by atoms with Crippen LogP contribution in [-0.4, -0.2) is 22.7 Å². The van der Waals surface area contributed by atoms with Crippen LogP contribution >= 0.6 is 0 Å². The van der Waals surface area contributed by atoms with E-state index in [2.05, 4.69) is 10.3 Å². The van der Waals surface area contributed by atoms with Gasteiger partial charge in [-0.2, -0.15) is 0 Å². The number of carbonyl (C=O) groups excluding carboxylic acids is 1. The van der Waals surface area contributed by atoms with Gasteiger partial charge in [0, 0.05) is 22.3 Å². The number of anilines is 1. The van der Waals surface area contributed by atoms with Crippen molar-refractivity contribution < 1.29 is 19.1 Å². The van der Waals surface area contributed by atoms with Crippen LogP contribution in [0.25, 0.3) is 10.9 Å². The second kappa shape index (κ2) is 8.29. The average molecular weight is 402 g/mol. The molecule has 2 N–H and O–H groups in total. The first-order chi connectivity index (χ1) is 14.6. The molecule has 0 fully saturated rings. The zero-order chi connectivity index (χ0) is 21.1.